The number of nitrogens with zero attached hydrogens (tertiary/aromatic N) is 3. The van der Waals surface area contributed by atoms with Crippen molar-refractivity contribution in [3.63, 3.8) is 0 Å². The highest BCUT2D eigenvalue weighted by atomic mass is 15.1. The standard InChI is InChI=1S/C6H6N4.C2H6/c1-4-5-2-7-8-3-6(5)10-9-4;1-2/h2-3H,1H3,(H,9,10);1-2H3. The molecule has 0 amide bonds. The van der Waals surface area contributed by atoms with Gasteiger partial charge in [-0.1, -0.05) is 13.8 Å². The molecule has 1 N–H and O–H groups in total. The Morgan fingerprint density at radius 1 is 1.17 bits per heavy atom. The molecule has 12 heavy (non-hydrogen) atoms. The Hall–Kier alpha value is -1.45. The topological polar surface area (TPSA) is 54.5 Å². The normalized spacial score (nSPS) is 9.25. The number of rotatable bonds is 0. The molecule has 64 valence electrons. The van der Waals surface area contributed by atoms with E-state index >= 15 is 0 Å². The van der Waals surface area contributed by atoms with E-state index in [-0.39, 0.29) is 0 Å². The van der Waals surface area contributed by atoms with Crippen molar-refractivity contribution in [3.05, 3.63) is 18.1 Å². The fourth-order valence-corrected chi connectivity index (χ4v) is 0.897. The van der Waals surface area contributed by atoms with Gasteiger partial charge in [0.05, 0.1) is 12.4 Å². The predicted molar refractivity (Wildman–Crippen MR) is 47.8 cm³/mol. The molecule has 2 heterocycles. The van der Waals surface area contributed by atoms with Gasteiger partial charge in [-0.05, 0) is 6.92 Å². The number of fused-ring (bicyclic) bond motifs is 1. The summed E-state index contributed by atoms with van der Waals surface area (Å²) >= 11 is 0. The van der Waals surface area contributed by atoms with Crippen LogP contribution in [-0.4, -0.2) is 20.4 Å². The van der Waals surface area contributed by atoms with Crippen LogP contribution in [0.2, 0.25) is 0 Å². The Morgan fingerprint density at radius 2 is 1.83 bits per heavy atom. The van der Waals surface area contributed by atoms with Gasteiger partial charge in [0, 0.05) is 11.1 Å². The van der Waals surface area contributed by atoms with Crippen molar-refractivity contribution >= 4 is 10.9 Å². The largest absolute Gasteiger partial charge is 0.282 e. The van der Waals surface area contributed by atoms with E-state index in [1.165, 1.54) is 0 Å². The molecule has 0 saturated carbocycles. The Bertz CT molecular complexity index is 353. The van der Waals surface area contributed by atoms with Crippen molar-refractivity contribution in [1.82, 2.24) is 20.4 Å². The van der Waals surface area contributed by atoms with Crippen molar-refractivity contribution < 1.29 is 0 Å². The molecule has 0 aliphatic rings. The second-order valence-corrected chi connectivity index (χ2v) is 2.14. The zero-order valence-electron chi connectivity index (χ0n) is 7.50. The molecule has 0 spiro atoms. The highest BCUT2D eigenvalue weighted by Crippen LogP contribution is 2.09. The summed E-state index contributed by atoms with van der Waals surface area (Å²) in [6.07, 6.45) is 3.34. The summed E-state index contributed by atoms with van der Waals surface area (Å²) in [5.74, 6) is 0. The average molecular weight is 164 g/mol. The molecular formula is C8H12N4. The van der Waals surface area contributed by atoms with Crippen LogP contribution in [0.1, 0.15) is 19.5 Å². The van der Waals surface area contributed by atoms with E-state index in [0.717, 1.165) is 16.6 Å². The van der Waals surface area contributed by atoms with Crippen LogP contribution in [0, 0.1) is 6.92 Å². The van der Waals surface area contributed by atoms with Crippen LogP contribution in [0.3, 0.4) is 0 Å². The highest BCUT2D eigenvalue weighted by Gasteiger charge is 1.98. The van der Waals surface area contributed by atoms with Gasteiger partial charge >= 0.3 is 0 Å². The first-order valence-electron chi connectivity index (χ1n) is 3.99. The van der Waals surface area contributed by atoms with Gasteiger partial charge in [0.1, 0.15) is 5.52 Å². The lowest BCUT2D eigenvalue weighted by Crippen LogP contribution is -1.77. The van der Waals surface area contributed by atoms with E-state index in [1.807, 2.05) is 20.8 Å². The van der Waals surface area contributed by atoms with Crippen molar-refractivity contribution in [2.45, 2.75) is 20.8 Å². The lowest BCUT2D eigenvalue weighted by atomic mass is 10.3. The first-order valence-corrected chi connectivity index (χ1v) is 3.99. The van der Waals surface area contributed by atoms with Crippen LogP contribution < -0.4 is 0 Å². The van der Waals surface area contributed by atoms with E-state index in [0.29, 0.717) is 0 Å². The molecule has 2 rings (SSSR count). The van der Waals surface area contributed by atoms with Gasteiger partial charge in [-0.3, -0.25) is 5.10 Å². The predicted octanol–water partition coefficient (Wildman–Crippen LogP) is 1.69. The van der Waals surface area contributed by atoms with Gasteiger partial charge in [0.2, 0.25) is 0 Å². The molecule has 0 radical (unpaired) electrons. The third-order valence-corrected chi connectivity index (χ3v) is 1.46. The van der Waals surface area contributed by atoms with Crippen molar-refractivity contribution in [3.8, 4) is 0 Å². The fourth-order valence-electron chi connectivity index (χ4n) is 0.897. The van der Waals surface area contributed by atoms with E-state index in [2.05, 4.69) is 20.4 Å². The maximum Gasteiger partial charge on any atom is 0.114 e. The zero-order chi connectivity index (χ0) is 8.97. The van der Waals surface area contributed by atoms with Crippen LogP contribution >= 0.6 is 0 Å². The SMILES string of the molecule is CC.Cc1[nH]nc2cnncc12. The molecule has 0 fully saturated rings. The van der Waals surface area contributed by atoms with Gasteiger partial charge < -0.3 is 0 Å². The van der Waals surface area contributed by atoms with Gasteiger partial charge in [-0.25, -0.2) is 0 Å². The van der Waals surface area contributed by atoms with Crippen LogP contribution in [-0.2, 0) is 0 Å². The summed E-state index contributed by atoms with van der Waals surface area (Å²) in [5, 5.41) is 15.3. The van der Waals surface area contributed by atoms with Crippen molar-refractivity contribution in [2.24, 2.45) is 0 Å². The average Bonchev–Trinajstić information content (AvgIpc) is 2.53. The maximum absolute atomic E-state index is 3.99. The molecule has 0 unspecified atom stereocenters. The van der Waals surface area contributed by atoms with Crippen LogP contribution in [0.15, 0.2) is 12.4 Å². The Morgan fingerprint density at radius 3 is 2.50 bits per heavy atom. The summed E-state index contributed by atoms with van der Waals surface area (Å²) < 4.78 is 0. The van der Waals surface area contributed by atoms with E-state index in [1.54, 1.807) is 12.4 Å². The first kappa shape index (κ1) is 8.64. The minimum atomic E-state index is 0.868. The molecule has 0 aliphatic heterocycles. The van der Waals surface area contributed by atoms with Gasteiger partial charge in [-0.2, -0.15) is 15.3 Å². The van der Waals surface area contributed by atoms with Crippen LogP contribution in [0.4, 0.5) is 0 Å². The fraction of sp³-hybridized carbons (Fsp3) is 0.375. The second-order valence-electron chi connectivity index (χ2n) is 2.14. The lowest BCUT2D eigenvalue weighted by Gasteiger charge is -1.82. The lowest BCUT2D eigenvalue weighted by molar-refractivity contribution is 1.04. The molecule has 4 nitrogen and oxygen atoms in total. The molecule has 0 saturated heterocycles. The van der Waals surface area contributed by atoms with Crippen molar-refractivity contribution in [2.75, 3.05) is 0 Å². The number of nitrogens with one attached hydrogen (secondary N) is 1. The Kier molecular flexibility index (Phi) is 2.74. The number of aryl methyl sites for hydroxylation is 1. The minimum absolute atomic E-state index is 0.868. The summed E-state index contributed by atoms with van der Waals surface area (Å²) in [5.41, 5.74) is 1.90. The summed E-state index contributed by atoms with van der Waals surface area (Å²) in [6, 6.07) is 0. The number of hydrogen-bond donors (Lipinski definition) is 1. The van der Waals surface area contributed by atoms with Gasteiger partial charge in [0.15, 0.2) is 0 Å². The molecule has 4 heteroatoms. The minimum Gasteiger partial charge on any atom is -0.282 e. The van der Waals surface area contributed by atoms with Crippen LogP contribution in [0.5, 0.6) is 0 Å². The number of aromatic amines is 1. The van der Waals surface area contributed by atoms with E-state index in [9.17, 15) is 0 Å². The molecule has 0 atom stereocenters. The van der Waals surface area contributed by atoms with E-state index in [4.69, 9.17) is 0 Å². The molecular weight excluding hydrogens is 152 g/mol. The van der Waals surface area contributed by atoms with E-state index < -0.39 is 0 Å². The highest BCUT2D eigenvalue weighted by molar-refractivity contribution is 5.78. The molecule has 0 aromatic carbocycles. The quantitative estimate of drug-likeness (QED) is 0.644. The second kappa shape index (κ2) is 3.80. The monoisotopic (exact) mass is 164 g/mol. The third kappa shape index (κ3) is 1.42. The molecule has 0 aliphatic carbocycles. The molecule has 2 aromatic rings. The molecule has 0 bridgehead atoms. The number of aromatic nitrogens is 4. The molecule has 2 aromatic heterocycles. The van der Waals surface area contributed by atoms with Crippen molar-refractivity contribution in [1.29, 1.82) is 0 Å². The summed E-state index contributed by atoms with van der Waals surface area (Å²) in [6.45, 7) is 5.96. The Balaban J connectivity index is 0.000000336. The third-order valence-electron chi connectivity index (χ3n) is 1.46. The zero-order valence-corrected chi connectivity index (χ0v) is 7.50. The first-order chi connectivity index (χ1) is 5.88. The van der Waals surface area contributed by atoms with Gasteiger partial charge in [-0.15, -0.1) is 0 Å². The Labute approximate surface area is 71.0 Å². The number of H-pyrrole nitrogens is 1. The summed E-state index contributed by atoms with van der Waals surface area (Å²) in [4.78, 5) is 0. The van der Waals surface area contributed by atoms with Gasteiger partial charge in [0.25, 0.3) is 0 Å². The number of hydrogen-bond acceptors (Lipinski definition) is 3. The van der Waals surface area contributed by atoms with Crippen LogP contribution in [0.25, 0.3) is 10.9 Å². The smallest absolute Gasteiger partial charge is 0.114 e. The summed E-state index contributed by atoms with van der Waals surface area (Å²) in [7, 11) is 0. The maximum atomic E-state index is 3.99.